The number of nitrogens with one attached hydrogen (secondary N) is 1. The van der Waals surface area contributed by atoms with Crippen LogP contribution in [0.15, 0.2) is 6.33 Å². The Balaban J connectivity index is 1.03. The molecule has 1 saturated carbocycles. The molecule has 5 atom stereocenters. The van der Waals surface area contributed by atoms with Crippen molar-refractivity contribution in [1.29, 1.82) is 0 Å². The van der Waals surface area contributed by atoms with Crippen LogP contribution in [-0.4, -0.2) is 115 Å². The summed E-state index contributed by atoms with van der Waals surface area (Å²) >= 11 is 0. The Morgan fingerprint density at radius 2 is 1.93 bits per heavy atom. The van der Waals surface area contributed by atoms with Crippen LogP contribution in [0.2, 0.25) is 0 Å². The Kier molecular flexibility index (Phi) is 7.42. The third-order valence-corrected chi connectivity index (χ3v) is 8.41. The van der Waals surface area contributed by atoms with Gasteiger partial charge < -0.3 is 40.5 Å². The highest BCUT2D eigenvalue weighted by molar-refractivity contribution is 5.88. The topological polar surface area (TPSA) is 198 Å². The highest BCUT2D eigenvalue weighted by Gasteiger charge is 2.48. The maximum Gasteiger partial charge on any atom is 0.410 e. The number of fused-ring (bicyclic) bond motifs is 1. The second kappa shape index (κ2) is 11.0. The first-order valence-electron chi connectivity index (χ1n) is 14.2. The lowest BCUT2D eigenvalue weighted by Gasteiger charge is -2.37. The molecule has 3 amide bonds. The molecule has 0 spiro atoms. The number of imidazole rings is 1. The van der Waals surface area contributed by atoms with Crippen LogP contribution in [0, 0.1) is 5.92 Å². The van der Waals surface area contributed by atoms with Crippen molar-refractivity contribution in [3.63, 3.8) is 0 Å². The predicted molar refractivity (Wildman–Crippen MR) is 142 cm³/mol. The summed E-state index contributed by atoms with van der Waals surface area (Å²) < 4.78 is 12.6. The molecule has 3 saturated heterocycles. The summed E-state index contributed by atoms with van der Waals surface area (Å²) in [5.41, 5.74) is 6.88. The van der Waals surface area contributed by atoms with Gasteiger partial charge in [0.2, 0.25) is 0 Å². The van der Waals surface area contributed by atoms with Crippen molar-refractivity contribution >= 4 is 34.9 Å². The fourth-order valence-corrected chi connectivity index (χ4v) is 5.69. The number of carbonyl (C=O) groups is 3. The normalized spacial score (nSPS) is 28.7. The third kappa shape index (κ3) is 5.53. The van der Waals surface area contributed by atoms with Crippen LogP contribution in [0.3, 0.4) is 0 Å². The van der Waals surface area contributed by atoms with E-state index in [0.717, 1.165) is 38.5 Å². The number of piperidine rings is 1. The molecule has 6 rings (SSSR count). The molecular formula is C26H36N8O7. The number of hydrogen-bond donors (Lipinski definition) is 4. The van der Waals surface area contributed by atoms with Gasteiger partial charge in [0, 0.05) is 32.6 Å². The number of nitrogens with two attached hydrogens (primary N) is 1. The number of nitrogens with zero attached hydrogens (tertiary/aromatic N) is 6. The minimum atomic E-state index is -1.40. The molecule has 15 nitrogen and oxygen atoms in total. The zero-order valence-corrected chi connectivity index (χ0v) is 22.9. The zero-order valence-electron chi connectivity index (χ0n) is 22.9. The van der Waals surface area contributed by atoms with E-state index in [1.807, 2.05) is 0 Å². The van der Waals surface area contributed by atoms with Gasteiger partial charge in [-0.15, -0.1) is 0 Å². The average molecular weight is 573 g/mol. The van der Waals surface area contributed by atoms with Crippen LogP contribution in [0.1, 0.15) is 50.6 Å². The lowest BCUT2D eigenvalue weighted by Crippen LogP contribution is -2.57. The monoisotopic (exact) mass is 572 g/mol. The Labute approximate surface area is 236 Å². The van der Waals surface area contributed by atoms with Gasteiger partial charge >= 0.3 is 6.09 Å². The molecule has 2 aromatic heterocycles. The molecule has 222 valence electrons. The molecule has 5 N–H and O–H groups in total. The molecule has 41 heavy (non-hydrogen) atoms. The molecule has 3 aliphatic heterocycles. The van der Waals surface area contributed by atoms with E-state index in [2.05, 4.69) is 20.3 Å². The van der Waals surface area contributed by atoms with Crippen LogP contribution in [-0.2, 0) is 25.5 Å². The van der Waals surface area contributed by atoms with Crippen molar-refractivity contribution in [3.8, 4) is 0 Å². The summed E-state index contributed by atoms with van der Waals surface area (Å²) in [6, 6.07) is 0.0918. The number of carbonyl (C=O) groups excluding carboxylic acids is 3. The van der Waals surface area contributed by atoms with Gasteiger partial charge in [-0.3, -0.25) is 14.2 Å². The summed E-state index contributed by atoms with van der Waals surface area (Å²) in [7, 11) is 1.68. The minimum absolute atomic E-state index is 0.0918. The second-order valence-corrected chi connectivity index (χ2v) is 11.5. The van der Waals surface area contributed by atoms with E-state index in [0.29, 0.717) is 49.0 Å². The Hall–Kier alpha value is -3.56. The lowest BCUT2D eigenvalue weighted by atomic mass is 9.91. The van der Waals surface area contributed by atoms with Crippen molar-refractivity contribution in [3.05, 3.63) is 12.2 Å². The number of likely N-dealkylation sites (N-methyl/N-ethyl adjacent to an activating group) is 1. The molecule has 5 heterocycles. The van der Waals surface area contributed by atoms with Crippen LogP contribution in [0.5, 0.6) is 0 Å². The number of rotatable bonds is 8. The lowest BCUT2D eigenvalue weighted by molar-refractivity contribution is -0.154. The van der Waals surface area contributed by atoms with Gasteiger partial charge in [-0.1, -0.05) is 0 Å². The van der Waals surface area contributed by atoms with Gasteiger partial charge in [-0.05, 0) is 44.4 Å². The molecule has 4 aliphatic rings. The number of amides is 3. The zero-order chi connectivity index (χ0) is 28.8. The van der Waals surface area contributed by atoms with Crippen molar-refractivity contribution in [2.45, 2.75) is 81.6 Å². The van der Waals surface area contributed by atoms with E-state index < -0.39 is 42.6 Å². The van der Waals surface area contributed by atoms with E-state index in [9.17, 15) is 24.6 Å². The number of aliphatic hydroxyl groups is 2. The van der Waals surface area contributed by atoms with Crippen LogP contribution < -0.4 is 11.1 Å². The predicted octanol–water partition coefficient (Wildman–Crippen LogP) is -0.682. The molecule has 1 aliphatic carbocycles. The largest absolute Gasteiger partial charge is 0.434 e. The van der Waals surface area contributed by atoms with Crippen LogP contribution >= 0.6 is 0 Å². The fourth-order valence-electron chi connectivity index (χ4n) is 5.69. The average Bonchev–Trinajstić information content (AvgIpc) is 3.60. The Morgan fingerprint density at radius 3 is 2.61 bits per heavy atom. The number of likely N-dealkylation sites (tertiary alicyclic amines) is 2. The first kappa shape index (κ1) is 27.6. The van der Waals surface area contributed by atoms with Gasteiger partial charge in [0.25, 0.3) is 11.8 Å². The first-order chi connectivity index (χ1) is 19.7. The highest BCUT2D eigenvalue weighted by atomic mass is 16.6. The number of aromatic nitrogens is 4. The summed E-state index contributed by atoms with van der Waals surface area (Å²) in [5, 5.41) is 24.0. The molecule has 0 radical (unpaired) electrons. The quantitative estimate of drug-likeness (QED) is 0.292. The summed E-state index contributed by atoms with van der Waals surface area (Å²) in [4.78, 5) is 53.1. The van der Waals surface area contributed by atoms with Gasteiger partial charge in [-0.2, -0.15) is 0 Å². The van der Waals surface area contributed by atoms with E-state index in [1.54, 1.807) is 11.9 Å². The van der Waals surface area contributed by atoms with E-state index in [4.69, 9.17) is 15.2 Å². The molecular weight excluding hydrogens is 536 g/mol. The molecule has 0 bridgehead atoms. The Morgan fingerprint density at radius 1 is 1.17 bits per heavy atom. The molecule has 2 aromatic rings. The fraction of sp³-hybridized carbons (Fsp3) is 0.692. The summed E-state index contributed by atoms with van der Waals surface area (Å²) in [6.07, 6.45) is 1.06. The van der Waals surface area contributed by atoms with Gasteiger partial charge in [0.05, 0.1) is 12.9 Å². The SMILES string of the molecule is CN1CC(OC(=O)N2CCC(CCCc3nc(N)c4ncn([C@@H]5O[C@H](C(=O)NC6CC6)C(O)[C@@H]5O)c4n3)CC2)C1=O. The van der Waals surface area contributed by atoms with Gasteiger partial charge in [0.15, 0.2) is 29.9 Å². The van der Waals surface area contributed by atoms with Crippen molar-refractivity contribution in [2.75, 3.05) is 32.4 Å². The molecule has 15 heteroatoms. The molecule has 0 aromatic carbocycles. The summed E-state index contributed by atoms with van der Waals surface area (Å²) in [5.74, 6) is 0.531. The number of aliphatic hydroxyl groups excluding tert-OH is 2. The van der Waals surface area contributed by atoms with Crippen molar-refractivity contribution in [1.82, 2.24) is 34.6 Å². The number of hydrogen-bond acceptors (Lipinski definition) is 11. The molecule has 4 fully saturated rings. The van der Waals surface area contributed by atoms with E-state index in [-0.39, 0.29) is 17.8 Å². The summed E-state index contributed by atoms with van der Waals surface area (Å²) in [6.45, 7) is 1.61. The smallest absolute Gasteiger partial charge is 0.410 e. The first-order valence-corrected chi connectivity index (χ1v) is 14.2. The Bertz CT molecular complexity index is 1320. The van der Waals surface area contributed by atoms with Gasteiger partial charge in [0.1, 0.15) is 23.5 Å². The van der Waals surface area contributed by atoms with E-state index >= 15 is 0 Å². The number of nitrogen functional groups attached to an aromatic ring is 1. The third-order valence-electron chi connectivity index (χ3n) is 8.41. The molecule has 2 unspecified atom stereocenters. The van der Waals surface area contributed by atoms with Crippen LogP contribution in [0.4, 0.5) is 10.6 Å². The van der Waals surface area contributed by atoms with Crippen molar-refractivity contribution < 1.29 is 34.1 Å². The standard InChI is InChI=1S/C26H36N8O7/c1-32-11-15(24(32)38)40-26(39)33-9-7-13(8-10-33)3-2-4-16-30-21(27)17-22(31-16)34(12-28-17)25-19(36)18(35)20(41-25)23(37)29-14-5-6-14/h12-15,18-20,25,35-36H,2-11H2,1H3,(H,29,37)(H2,27,30,31)/t15?,18?,19-,20-,25+/m0/s1. The number of anilines is 1. The highest BCUT2D eigenvalue weighted by Crippen LogP contribution is 2.33. The van der Waals surface area contributed by atoms with E-state index in [1.165, 1.54) is 15.8 Å². The minimum Gasteiger partial charge on any atom is -0.434 e. The maximum atomic E-state index is 12.5. The number of ether oxygens (including phenoxy) is 2. The van der Waals surface area contributed by atoms with Crippen LogP contribution in [0.25, 0.3) is 11.2 Å². The second-order valence-electron chi connectivity index (χ2n) is 11.5. The number of aryl methyl sites for hydroxylation is 1. The van der Waals surface area contributed by atoms with Crippen molar-refractivity contribution in [2.24, 2.45) is 5.92 Å². The number of β-lactam (4-membered cyclic amide) rings is 1. The van der Waals surface area contributed by atoms with Gasteiger partial charge in [-0.25, -0.2) is 19.7 Å². The maximum absolute atomic E-state index is 12.5.